The van der Waals surface area contributed by atoms with Gasteiger partial charge in [0, 0.05) is 23.6 Å². The maximum absolute atomic E-state index is 12.6. The third-order valence-corrected chi connectivity index (χ3v) is 4.29. The summed E-state index contributed by atoms with van der Waals surface area (Å²) < 4.78 is 38.2. The molecular formula is C20H21N5O6. The lowest BCUT2D eigenvalue weighted by Crippen LogP contribution is -2.41. The van der Waals surface area contributed by atoms with E-state index < -0.39 is 42.2 Å². The number of aromatic amines is 2. The molecule has 0 aliphatic heterocycles. The number of nitrogens with zero attached hydrogens (tertiary/aromatic N) is 1. The summed E-state index contributed by atoms with van der Waals surface area (Å²) in [5, 5.41) is 20.3. The molecule has 3 rings (SSSR count). The first-order chi connectivity index (χ1) is 16.6. The minimum Gasteiger partial charge on any atom is -0.481 e. The second kappa shape index (κ2) is 9.11. The molecule has 0 aliphatic rings. The summed E-state index contributed by atoms with van der Waals surface area (Å²) >= 11 is 0. The van der Waals surface area contributed by atoms with Crippen molar-refractivity contribution in [3.05, 3.63) is 57.5 Å². The smallest absolute Gasteiger partial charge is 0.326 e. The Bertz CT molecular complexity index is 1400. The van der Waals surface area contributed by atoms with Crippen LogP contribution in [0.15, 0.2) is 35.3 Å². The fraction of sp³-hybridized carbons (Fsp3) is 0.250. The number of aryl methyl sites for hydroxylation is 2. The molecule has 7 N–H and O–H groups in total. The van der Waals surface area contributed by atoms with E-state index in [4.69, 9.17) is 17.7 Å². The summed E-state index contributed by atoms with van der Waals surface area (Å²) in [7, 11) is 0. The molecule has 2 aromatic heterocycles. The number of amides is 1. The average Bonchev–Trinajstić information content (AvgIpc) is 3.20. The zero-order valence-electron chi connectivity index (χ0n) is 20.9. The molecule has 11 heteroatoms. The van der Waals surface area contributed by atoms with Crippen molar-refractivity contribution >= 4 is 34.8 Å². The molecule has 11 nitrogen and oxygen atoms in total. The van der Waals surface area contributed by atoms with E-state index in [1.807, 2.05) is 0 Å². The van der Waals surface area contributed by atoms with E-state index >= 15 is 0 Å². The predicted octanol–water partition coefficient (Wildman–Crippen LogP) is 0.666. The number of H-pyrrole nitrogens is 2. The Morgan fingerprint density at radius 1 is 1.23 bits per heavy atom. The number of aliphatic carboxylic acids is 2. The number of carboxylic acid groups (broad SMARTS) is 2. The number of hydrogen-bond donors (Lipinski definition) is 6. The SMILES string of the molecule is [2H]C([2H])(C(=O)O)C([2H])([2H])[C@@]([2H])(NC(=O)c1ccc(CCc2c[nH]c3nc(N)[nH]c(=O)c23)cc1)C(=O)O. The zero-order chi connectivity index (χ0) is 27.1. The van der Waals surface area contributed by atoms with Gasteiger partial charge >= 0.3 is 11.9 Å². The van der Waals surface area contributed by atoms with Crippen LogP contribution < -0.4 is 16.6 Å². The van der Waals surface area contributed by atoms with Gasteiger partial charge in [-0.3, -0.25) is 19.4 Å². The van der Waals surface area contributed by atoms with Crippen molar-refractivity contribution in [1.82, 2.24) is 20.3 Å². The Balaban J connectivity index is 1.77. The van der Waals surface area contributed by atoms with Gasteiger partial charge in [0.05, 0.1) is 6.76 Å². The highest BCUT2D eigenvalue weighted by Crippen LogP contribution is 2.16. The molecule has 1 amide bonds. The van der Waals surface area contributed by atoms with Crippen molar-refractivity contribution in [2.75, 3.05) is 5.73 Å². The Kier molecular flexibility index (Phi) is 4.60. The highest BCUT2D eigenvalue weighted by molar-refractivity contribution is 5.96. The quantitative estimate of drug-likeness (QED) is 0.284. The molecule has 0 fully saturated rings. The van der Waals surface area contributed by atoms with Gasteiger partial charge in [-0.15, -0.1) is 0 Å². The van der Waals surface area contributed by atoms with Crippen LogP contribution in [0.5, 0.6) is 0 Å². The van der Waals surface area contributed by atoms with Crippen LogP contribution in [0.2, 0.25) is 0 Å². The van der Waals surface area contributed by atoms with Gasteiger partial charge < -0.3 is 26.2 Å². The Labute approximate surface area is 182 Å². The number of carbonyl (C=O) groups excluding carboxylic acids is 1. The first-order valence-corrected chi connectivity index (χ1v) is 8.86. The van der Waals surface area contributed by atoms with Gasteiger partial charge in [0.25, 0.3) is 11.5 Å². The largest absolute Gasteiger partial charge is 0.481 e. The Hall–Kier alpha value is -4.15. The van der Waals surface area contributed by atoms with Gasteiger partial charge in [-0.25, -0.2) is 4.79 Å². The number of nitrogens with one attached hydrogen (secondary N) is 3. The summed E-state index contributed by atoms with van der Waals surface area (Å²) in [4.78, 5) is 56.8. The molecule has 162 valence electrons. The van der Waals surface area contributed by atoms with Crippen LogP contribution in [-0.4, -0.2) is 49.0 Å². The van der Waals surface area contributed by atoms with Crippen LogP contribution in [0.25, 0.3) is 11.0 Å². The molecule has 0 spiro atoms. The monoisotopic (exact) mass is 432 g/mol. The van der Waals surface area contributed by atoms with Crippen molar-refractivity contribution < 1.29 is 31.5 Å². The Morgan fingerprint density at radius 3 is 2.58 bits per heavy atom. The van der Waals surface area contributed by atoms with Crippen molar-refractivity contribution in [2.24, 2.45) is 0 Å². The van der Waals surface area contributed by atoms with Gasteiger partial charge in [-0.1, -0.05) is 12.1 Å². The minimum atomic E-state index is -3.86. The van der Waals surface area contributed by atoms with Crippen molar-refractivity contribution in [3.8, 4) is 0 Å². The molecule has 0 saturated carbocycles. The normalized spacial score (nSPS) is 16.2. The molecule has 1 aromatic carbocycles. The van der Waals surface area contributed by atoms with Crippen LogP contribution in [0.1, 0.15) is 41.1 Å². The standard InChI is InChI=1S/C20H21N5O6/c21-20-24-16-15(18(29)25-20)12(9-22-16)6-3-10-1-4-11(5-2-10)17(28)23-13(19(30)31)7-8-14(26)27/h1-2,4-5,9,13H,3,6-8H2,(H,23,28)(H,26,27)(H,30,31)(H4,21,22,24,25,29)/t13-/m1/s1/i7D2,8D2,13D. The van der Waals surface area contributed by atoms with Gasteiger partial charge in [0.1, 0.15) is 11.7 Å². The molecule has 0 aliphatic carbocycles. The number of carbonyl (C=O) groups is 3. The fourth-order valence-corrected chi connectivity index (χ4v) is 2.86. The molecule has 0 saturated heterocycles. The zero-order valence-corrected chi connectivity index (χ0v) is 15.9. The van der Waals surface area contributed by atoms with E-state index in [9.17, 15) is 24.3 Å². The maximum Gasteiger partial charge on any atom is 0.326 e. The van der Waals surface area contributed by atoms with Gasteiger partial charge in [-0.05, 0) is 42.5 Å². The summed E-state index contributed by atoms with van der Waals surface area (Å²) in [5.41, 5.74) is 6.68. The van der Waals surface area contributed by atoms with E-state index in [1.54, 1.807) is 11.5 Å². The minimum absolute atomic E-state index is 0.0264. The van der Waals surface area contributed by atoms with E-state index in [2.05, 4.69) is 15.0 Å². The number of benzene rings is 1. The van der Waals surface area contributed by atoms with Crippen LogP contribution in [0.4, 0.5) is 5.95 Å². The molecule has 2 heterocycles. The number of carboxylic acids is 2. The van der Waals surface area contributed by atoms with E-state index in [-0.39, 0.29) is 11.5 Å². The predicted molar refractivity (Wildman–Crippen MR) is 111 cm³/mol. The third kappa shape index (κ3) is 5.26. The second-order valence-electron chi connectivity index (χ2n) is 6.38. The molecule has 0 unspecified atom stereocenters. The lowest BCUT2D eigenvalue weighted by Gasteiger charge is -2.13. The van der Waals surface area contributed by atoms with Crippen molar-refractivity contribution in [3.63, 3.8) is 0 Å². The van der Waals surface area contributed by atoms with Crippen LogP contribution >= 0.6 is 0 Å². The summed E-state index contributed by atoms with van der Waals surface area (Å²) in [6.07, 6.45) is -5.20. The highest BCUT2D eigenvalue weighted by atomic mass is 16.4. The van der Waals surface area contributed by atoms with E-state index in [1.165, 1.54) is 24.3 Å². The number of nitrogens with two attached hydrogens (primary N) is 1. The second-order valence-corrected chi connectivity index (χ2v) is 6.38. The van der Waals surface area contributed by atoms with Crippen LogP contribution in [0, 0.1) is 0 Å². The fourth-order valence-electron chi connectivity index (χ4n) is 2.86. The lowest BCUT2D eigenvalue weighted by atomic mass is 10.0. The van der Waals surface area contributed by atoms with E-state index in [0.717, 1.165) is 0 Å². The number of anilines is 1. The number of aromatic nitrogens is 3. The van der Waals surface area contributed by atoms with Gasteiger partial charge in [0.15, 0.2) is 0 Å². The first-order valence-electron chi connectivity index (χ1n) is 11.4. The Morgan fingerprint density at radius 2 is 1.94 bits per heavy atom. The highest BCUT2D eigenvalue weighted by Gasteiger charge is 2.21. The van der Waals surface area contributed by atoms with Gasteiger partial charge in [0.2, 0.25) is 5.95 Å². The molecular weight excluding hydrogens is 406 g/mol. The number of hydrogen-bond acceptors (Lipinski definition) is 6. The molecule has 0 bridgehead atoms. The number of fused-ring (bicyclic) bond motifs is 1. The van der Waals surface area contributed by atoms with Crippen molar-refractivity contribution in [1.29, 1.82) is 0 Å². The van der Waals surface area contributed by atoms with Crippen LogP contribution in [-0.2, 0) is 22.4 Å². The summed E-state index contributed by atoms with van der Waals surface area (Å²) in [5.74, 6) is -5.87. The summed E-state index contributed by atoms with van der Waals surface area (Å²) in [6.45, 7) is 0. The molecule has 0 radical (unpaired) electrons. The topological polar surface area (TPSA) is 191 Å². The lowest BCUT2D eigenvalue weighted by molar-refractivity contribution is -0.140. The van der Waals surface area contributed by atoms with E-state index in [0.29, 0.717) is 35.0 Å². The van der Waals surface area contributed by atoms with Crippen LogP contribution in [0.3, 0.4) is 0 Å². The molecule has 31 heavy (non-hydrogen) atoms. The number of nitrogen functional groups attached to an aromatic ring is 1. The summed E-state index contributed by atoms with van der Waals surface area (Å²) in [6, 6.07) is 1.92. The van der Waals surface area contributed by atoms with Crippen molar-refractivity contribution in [2.45, 2.75) is 31.6 Å². The average molecular weight is 432 g/mol. The maximum atomic E-state index is 12.6. The first kappa shape index (κ1) is 15.7. The molecule has 3 aromatic rings. The molecule has 1 atom stereocenters. The third-order valence-electron chi connectivity index (χ3n) is 4.29. The van der Waals surface area contributed by atoms with Gasteiger partial charge in [-0.2, -0.15) is 4.98 Å². The number of rotatable bonds is 9.